The number of hydrogen-bond acceptors (Lipinski definition) is 0. The Hall–Kier alpha value is 2.45. The van der Waals surface area contributed by atoms with Crippen LogP contribution >= 0.6 is 77.3 Å². The molecule has 0 aromatic carbocycles. The summed E-state index contributed by atoms with van der Waals surface area (Å²) in [6, 6.07) is 0. The molecule has 0 amide bonds. The fourth-order valence-electron chi connectivity index (χ4n) is 0. The van der Waals surface area contributed by atoms with E-state index in [1.165, 1.54) is 0 Å². The van der Waals surface area contributed by atoms with Crippen LogP contribution in [0.4, 0.5) is 0 Å². The van der Waals surface area contributed by atoms with Gasteiger partial charge in [-0.25, -0.2) is 0 Å². The third-order valence-electron chi connectivity index (χ3n) is 0. The molecule has 40 valence electrons. The van der Waals surface area contributed by atoms with Crippen LogP contribution in [0.3, 0.4) is 0 Å². The zero-order valence-electron chi connectivity index (χ0n) is 1.63. The van der Waals surface area contributed by atoms with Crippen molar-refractivity contribution >= 4 is 88.3 Å². The molecule has 0 aliphatic heterocycles. The molecule has 0 fully saturated rings. The summed E-state index contributed by atoms with van der Waals surface area (Å²) in [7, 11) is 0. The van der Waals surface area contributed by atoms with E-state index in [-0.39, 0.29) is 88.3 Å². The molecule has 0 saturated carbocycles. The average Bonchev–Trinajstić information content (AvgIpc) is 0. The minimum Gasteiger partial charge on any atom is -0.147 e. The number of halogens is 4. The lowest BCUT2D eigenvalue weighted by atomic mass is 28.1. The van der Waals surface area contributed by atoms with Gasteiger partial charge < -0.3 is 0 Å². The molecule has 0 rings (SSSR count). The molecular weight excluding hydrogens is 397 g/mol. The molecule has 0 atom stereocenters. The molecule has 0 spiro atoms. The summed E-state index contributed by atoms with van der Waals surface area (Å²) in [6.07, 6.45) is 0. The second-order valence-corrected chi connectivity index (χ2v) is 0. The summed E-state index contributed by atoms with van der Waals surface area (Å²) in [6.45, 7) is 0. The first-order valence-corrected chi connectivity index (χ1v) is 0. The highest BCUT2D eigenvalue weighted by atomic mass is 127. The quantitative estimate of drug-likeness (QED) is 0.413. The monoisotopic (exact) mass is 404 g/mol. The summed E-state index contributed by atoms with van der Waals surface area (Å²) in [5, 5.41) is 0. The van der Waals surface area contributed by atoms with Gasteiger partial charge in [0.05, 0.1) is 0 Å². The molecule has 0 nitrogen and oxygen atoms in total. The highest BCUT2D eigenvalue weighted by Crippen LogP contribution is 0.887. The van der Waals surface area contributed by atoms with Crippen LogP contribution in [0.2, 0.25) is 0 Å². The maximum atomic E-state index is 0. The van der Waals surface area contributed by atoms with Crippen molar-refractivity contribution in [2.75, 3.05) is 0 Å². The van der Waals surface area contributed by atoms with Crippen LogP contribution in [0.15, 0.2) is 0 Å². The highest BCUT2D eigenvalue weighted by Gasteiger charge is -0.0148. The van der Waals surface area contributed by atoms with Crippen LogP contribution in [0, 0.1) is 0 Å². The Labute approximate surface area is 87.1 Å². The first-order valence-electron chi connectivity index (χ1n) is 0. The van der Waals surface area contributed by atoms with E-state index in [1.54, 1.807) is 0 Å². The largest absolute Gasteiger partial charge is 0.147 e. The first-order chi connectivity index (χ1) is 0. The molecule has 0 aliphatic rings. The van der Waals surface area contributed by atoms with Crippen LogP contribution in [0.1, 0.15) is 0 Å². The minimum absolute atomic E-state index is 0. The van der Waals surface area contributed by atoms with E-state index in [4.69, 9.17) is 0 Å². The Morgan fingerprint density at radius 1 is 0.800 bits per heavy atom. The molecule has 0 radical (unpaired) electrons. The first kappa shape index (κ1) is 51.7. The topological polar surface area (TPSA) is 0 Å². The lowest BCUT2D eigenvalue weighted by molar-refractivity contribution is 5.75. The summed E-state index contributed by atoms with van der Waals surface area (Å²) < 4.78 is 0. The molecule has 0 heterocycles. The molecule has 0 aromatic rings. The zero-order valence-corrected chi connectivity index (χ0v) is 8.82. The average molecular weight is 405 g/mol. The fraction of sp³-hybridized carbons (Fsp3) is 0. The van der Waals surface area contributed by atoms with Gasteiger partial charge in [0, 0.05) is 0 Å². The van der Waals surface area contributed by atoms with Crippen LogP contribution in [0.25, 0.3) is 0 Å². The van der Waals surface area contributed by atoms with E-state index in [0.29, 0.717) is 0 Å². The summed E-state index contributed by atoms with van der Waals surface area (Å²) in [5.74, 6) is 0. The van der Waals surface area contributed by atoms with E-state index < -0.39 is 0 Å². The molecule has 0 aliphatic carbocycles. The van der Waals surface area contributed by atoms with Gasteiger partial charge in [0.25, 0.3) is 0 Å². The predicted molar refractivity (Wildman–Crippen MR) is 59.7 cm³/mol. The minimum atomic E-state index is 0. The van der Waals surface area contributed by atoms with E-state index in [1.807, 2.05) is 0 Å². The van der Waals surface area contributed by atoms with Crippen molar-refractivity contribution in [3.8, 4) is 0 Å². The Kier molecular flexibility index (Phi) is 330. The lowest BCUT2D eigenvalue weighted by Crippen LogP contribution is -0.381. The molecule has 0 N–H and O–H groups in total. The Balaban J connectivity index is 0. The smallest absolute Gasteiger partial charge is 0.0149 e. The van der Waals surface area contributed by atoms with Crippen molar-refractivity contribution in [2.45, 2.75) is 0 Å². The lowest BCUT2D eigenvalue weighted by Gasteiger charge is -0.147. The van der Waals surface area contributed by atoms with Gasteiger partial charge in [-0.1, -0.05) is 0 Å². The van der Waals surface area contributed by atoms with Crippen molar-refractivity contribution < 1.29 is 0 Å². The standard InChI is InChI=1S/BrH.ClH.2HI.H4Si/h4*1H;1H4. The van der Waals surface area contributed by atoms with Crippen LogP contribution < -0.4 is 0 Å². The Morgan fingerprint density at radius 2 is 0.800 bits per heavy atom. The molecule has 0 bridgehead atoms. The molecule has 0 saturated heterocycles. The Morgan fingerprint density at radius 3 is 0.800 bits per heavy atom. The summed E-state index contributed by atoms with van der Waals surface area (Å²) in [4.78, 5) is 0. The maximum Gasteiger partial charge on any atom is -0.0149 e. The maximum absolute atomic E-state index is 0. The van der Waals surface area contributed by atoms with Gasteiger partial charge >= 0.3 is 0 Å². The van der Waals surface area contributed by atoms with Gasteiger partial charge in [0.15, 0.2) is 0 Å². The van der Waals surface area contributed by atoms with Gasteiger partial charge in [-0.15, -0.1) is 77.3 Å². The van der Waals surface area contributed by atoms with Gasteiger partial charge in [-0.3, -0.25) is 0 Å². The predicted octanol–water partition coefficient (Wildman–Crippen LogP) is 0.784. The van der Waals surface area contributed by atoms with Crippen molar-refractivity contribution in [3.63, 3.8) is 0 Å². The second kappa shape index (κ2) is 31.9. The zero-order chi connectivity index (χ0) is 0. The second-order valence-electron chi connectivity index (χ2n) is 0. The molecule has 5 heavy (non-hydrogen) atoms. The van der Waals surface area contributed by atoms with Gasteiger partial charge in [0.2, 0.25) is 0 Å². The normalized spacial score (nSPS) is 0. The van der Waals surface area contributed by atoms with Gasteiger partial charge in [-0.2, -0.15) is 0 Å². The van der Waals surface area contributed by atoms with Crippen molar-refractivity contribution in [3.05, 3.63) is 0 Å². The molecular formula is H8BrClI2Si. The summed E-state index contributed by atoms with van der Waals surface area (Å²) >= 11 is 0. The van der Waals surface area contributed by atoms with Gasteiger partial charge in [0.1, 0.15) is 0 Å². The van der Waals surface area contributed by atoms with E-state index in [9.17, 15) is 0 Å². The SMILES string of the molecule is Br.Cl.I.I.[SiH4]. The Bertz CT molecular complexity index is 9.61. The molecule has 5 heteroatoms. The molecule has 0 aromatic heterocycles. The highest BCUT2D eigenvalue weighted by molar-refractivity contribution is 14.0. The number of hydrogen-bond donors (Lipinski definition) is 0. The van der Waals surface area contributed by atoms with Crippen LogP contribution in [-0.4, -0.2) is 11.0 Å². The van der Waals surface area contributed by atoms with Crippen LogP contribution in [0.5, 0.6) is 0 Å². The number of rotatable bonds is 0. The van der Waals surface area contributed by atoms with Crippen molar-refractivity contribution in [1.29, 1.82) is 0 Å². The van der Waals surface area contributed by atoms with Crippen LogP contribution in [-0.2, 0) is 0 Å². The third-order valence-corrected chi connectivity index (χ3v) is 0. The fourth-order valence-corrected chi connectivity index (χ4v) is 0. The van der Waals surface area contributed by atoms with Crippen molar-refractivity contribution in [1.82, 2.24) is 0 Å². The molecule has 0 unspecified atom stereocenters. The van der Waals surface area contributed by atoms with E-state index in [2.05, 4.69) is 0 Å². The van der Waals surface area contributed by atoms with Crippen molar-refractivity contribution in [2.24, 2.45) is 0 Å². The van der Waals surface area contributed by atoms with E-state index in [0.717, 1.165) is 0 Å². The summed E-state index contributed by atoms with van der Waals surface area (Å²) in [5.41, 5.74) is 0. The van der Waals surface area contributed by atoms with E-state index >= 15 is 0 Å². The third kappa shape index (κ3) is 21.3. The van der Waals surface area contributed by atoms with Gasteiger partial charge in [-0.05, 0) is 11.0 Å².